The van der Waals surface area contributed by atoms with E-state index in [0.29, 0.717) is 13.1 Å². The van der Waals surface area contributed by atoms with E-state index in [9.17, 15) is 10.4 Å². The SMILES string of the molecule is [O-]/N=[N+](/[O-])N1CC(CO)C1. The second-order valence-corrected chi connectivity index (χ2v) is 2.25. The van der Waals surface area contributed by atoms with E-state index in [1.807, 2.05) is 0 Å². The lowest BCUT2D eigenvalue weighted by atomic mass is 10.0. The maximum Gasteiger partial charge on any atom is 0.0837 e. The molecule has 1 aliphatic rings. The molecule has 0 spiro atoms. The molecule has 0 aromatic carbocycles. The minimum atomic E-state index is 0.00611. The first-order valence-corrected chi connectivity index (χ1v) is 2.94. The molecule has 0 amide bonds. The van der Waals surface area contributed by atoms with Gasteiger partial charge in [-0.2, -0.15) is 0 Å². The van der Waals surface area contributed by atoms with Gasteiger partial charge in [0.15, 0.2) is 0 Å². The van der Waals surface area contributed by atoms with Crippen LogP contribution in [0.5, 0.6) is 0 Å². The largest absolute Gasteiger partial charge is 0.737 e. The number of rotatable bonds is 2. The number of nitrogens with zero attached hydrogens (tertiary/aromatic N) is 3. The maximum absolute atomic E-state index is 10.3. The summed E-state index contributed by atoms with van der Waals surface area (Å²) >= 11 is 0. The van der Waals surface area contributed by atoms with Crippen LogP contribution in [0.25, 0.3) is 0 Å². The zero-order valence-corrected chi connectivity index (χ0v) is 5.30. The molecular formula is C4H8N3O3-. The van der Waals surface area contributed by atoms with Crippen LogP contribution in [-0.4, -0.2) is 34.8 Å². The van der Waals surface area contributed by atoms with Gasteiger partial charge < -0.3 is 15.5 Å². The molecule has 0 saturated carbocycles. The molecule has 0 aromatic heterocycles. The molecule has 1 saturated heterocycles. The molecule has 1 fully saturated rings. The van der Waals surface area contributed by atoms with Gasteiger partial charge in [-0.25, -0.2) is 0 Å². The quantitative estimate of drug-likeness (QED) is 0.316. The fraction of sp³-hybridized carbons (Fsp3) is 1.00. The van der Waals surface area contributed by atoms with Gasteiger partial charge in [-0.15, -0.1) is 5.01 Å². The molecule has 0 atom stereocenters. The molecular weight excluding hydrogens is 138 g/mol. The van der Waals surface area contributed by atoms with Crippen molar-refractivity contribution in [1.29, 1.82) is 0 Å². The van der Waals surface area contributed by atoms with Crippen LogP contribution in [0.3, 0.4) is 0 Å². The highest BCUT2D eigenvalue weighted by molar-refractivity contribution is 4.71. The van der Waals surface area contributed by atoms with Gasteiger partial charge in [0.2, 0.25) is 0 Å². The summed E-state index contributed by atoms with van der Waals surface area (Å²) in [5.41, 5.74) is 0. The summed E-state index contributed by atoms with van der Waals surface area (Å²) in [6.07, 6.45) is 0. The van der Waals surface area contributed by atoms with Crippen LogP contribution in [0, 0.1) is 16.3 Å². The van der Waals surface area contributed by atoms with Crippen molar-refractivity contribution < 1.29 is 10.1 Å². The number of aliphatic hydroxyl groups excluding tert-OH is 1. The highest BCUT2D eigenvalue weighted by Crippen LogP contribution is 2.13. The molecule has 6 nitrogen and oxygen atoms in total. The lowest BCUT2D eigenvalue weighted by Gasteiger charge is -2.33. The van der Waals surface area contributed by atoms with E-state index in [0.717, 1.165) is 0 Å². The van der Waals surface area contributed by atoms with E-state index in [1.54, 1.807) is 0 Å². The molecule has 58 valence electrons. The van der Waals surface area contributed by atoms with Crippen molar-refractivity contribution in [2.45, 2.75) is 0 Å². The van der Waals surface area contributed by atoms with Crippen molar-refractivity contribution in [3.63, 3.8) is 0 Å². The van der Waals surface area contributed by atoms with E-state index in [2.05, 4.69) is 5.28 Å². The first kappa shape index (κ1) is 7.07. The van der Waals surface area contributed by atoms with Crippen LogP contribution in [0.15, 0.2) is 5.28 Å². The smallest absolute Gasteiger partial charge is 0.0837 e. The predicted molar refractivity (Wildman–Crippen MR) is 31.6 cm³/mol. The normalized spacial score (nSPS) is 20.9. The lowest BCUT2D eigenvalue weighted by Crippen LogP contribution is -2.51. The Morgan fingerprint density at radius 2 is 2.30 bits per heavy atom. The van der Waals surface area contributed by atoms with Gasteiger partial charge >= 0.3 is 0 Å². The summed E-state index contributed by atoms with van der Waals surface area (Å²) in [6.45, 7) is 0.903. The summed E-state index contributed by atoms with van der Waals surface area (Å²) in [4.78, 5) is 0.00611. The van der Waals surface area contributed by atoms with E-state index in [1.165, 1.54) is 5.01 Å². The Labute approximate surface area is 57.5 Å². The Hall–Kier alpha value is -1.04. The number of hydrogen-bond acceptors (Lipinski definition) is 4. The van der Waals surface area contributed by atoms with Crippen LogP contribution in [-0.2, 0) is 0 Å². The number of hydrazine groups is 1. The van der Waals surface area contributed by atoms with Crippen LogP contribution in [0.2, 0.25) is 0 Å². The Morgan fingerprint density at radius 1 is 1.70 bits per heavy atom. The molecule has 1 aliphatic heterocycles. The highest BCUT2D eigenvalue weighted by Gasteiger charge is 2.31. The van der Waals surface area contributed by atoms with Gasteiger partial charge in [-0.3, -0.25) is 0 Å². The Balaban J connectivity index is 2.26. The summed E-state index contributed by atoms with van der Waals surface area (Å²) in [6, 6.07) is 0. The first-order valence-electron chi connectivity index (χ1n) is 2.94. The fourth-order valence-corrected chi connectivity index (χ4v) is 0.849. The van der Waals surface area contributed by atoms with Gasteiger partial charge in [-0.05, 0) is 5.28 Å². The molecule has 10 heavy (non-hydrogen) atoms. The van der Waals surface area contributed by atoms with Crippen molar-refractivity contribution in [2.24, 2.45) is 11.2 Å². The molecule has 6 heteroatoms. The highest BCUT2D eigenvalue weighted by atomic mass is 16.6. The van der Waals surface area contributed by atoms with Gasteiger partial charge in [0.25, 0.3) is 0 Å². The van der Waals surface area contributed by atoms with Crippen molar-refractivity contribution in [3.8, 4) is 0 Å². The predicted octanol–water partition coefficient (Wildman–Crippen LogP) is -0.714. The summed E-state index contributed by atoms with van der Waals surface area (Å²) in [5, 5.41) is 31.8. The van der Waals surface area contributed by atoms with Crippen molar-refractivity contribution in [3.05, 3.63) is 10.4 Å². The van der Waals surface area contributed by atoms with E-state index < -0.39 is 0 Å². The zero-order chi connectivity index (χ0) is 7.56. The number of hydrogen-bond donors (Lipinski definition) is 1. The zero-order valence-electron chi connectivity index (χ0n) is 5.30. The van der Waals surface area contributed by atoms with Crippen LogP contribution >= 0.6 is 0 Å². The van der Waals surface area contributed by atoms with Gasteiger partial charge in [0.1, 0.15) is 0 Å². The monoisotopic (exact) mass is 146 g/mol. The molecule has 0 radical (unpaired) electrons. The van der Waals surface area contributed by atoms with Crippen LogP contribution in [0.1, 0.15) is 0 Å². The Kier molecular flexibility index (Phi) is 1.91. The third-order valence-corrected chi connectivity index (χ3v) is 1.51. The second kappa shape index (κ2) is 2.70. The lowest BCUT2D eigenvalue weighted by molar-refractivity contribution is -0.707. The molecule has 0 unspecified atom stereocenters. The minimum absolute atomic E-state index is 0.00611. The minimum Gasteiger partial charge on any atom is -0.737 e. The number of aliphatic hydroxyl groups is 1. The fourth-order valence-electron chi connectivity index (χ4n) is 0.849. The molecule has 0 bridgehead atoms. The molecule has 1 N–H and O–H groups in total. The van der Waals surface area contributed by atoms with Crippen molar-refractivity contribution in [2.75, 3.05) is 19.7 Å². The third kappa shape index (κ3) is 1.10. The average Bonchev–Trinajstić information content (AvgIpc) is 1.85. The van der Waals surface area contributed by atoms with Crippen molar-refractivity contribution in [1.82, 2.24) is 5.01 Å². The van der Waals surface area contributed by atoms with Crippen LogP contribution < -0.4 is 0 Å². The Bertz CT molecular complexity index is 143. The summed E-state index contributed by atoms with van der Waals surface area (Å²) in [5.74, 6) is 0.123. The molecule has 0 aliphatic carbocycles. The average molecular weight is 146 g/mol. The van der Waals surface area contributed by atoms with Gasteiger partial charge in [0, 0.05) is 17.5 Å². The van der Waals surface area contributed by atoms with E-state index in [4.69, 9.17) is 5.11 Å². The van der Waals surface area contributed by atoms with Gasteiger partial charge in [-0.1, -0.05) is 0 Å². The van der Waals surface area contributed by atoms with Gasteiger partial charge in [0.05, 0.1) is 13.1 Å². The Morgan fingerprint density at radius 3 is 2.70 bits per heavy atom. The van der Waals surface area contributed by atoms with E-state index in [-0.39, 0.29) is 17.5 Å². The standard InChI is InChI=1S/C4H9N3O3/c8-3-4-1-6(2-4)7(10)5-9/h4,8-9H,1-3H2/p-1/b7-5+. The van der Waals surface area contributed by atoms with Crippen molar-refractivity contribution >= 4 is 0 Å². The second-order valence-electron chi connectivity index (χ2n) is 2.25. The maximum atomic E-state index is 10.3. The molecule has 1 heterocycles. The first-order chi connectivity index (χ1) is 4.77. The van der Waals surface area contributed by atoms with Crippen LogP contribution in [0.4, 0.5) is 0 Å². The summed E-state index contributed by atoms with van der Waals surface area (Å²) < 4.78 is 0. The molecule has 0 aromatic rings. The third-order valence-electron chi connectivity index (χ3n) is 1.51. The molecule has 1 rings (SSSR count). The van der Waals surface area contributed by atoms with E-state index >= 15 is 0 Å². The summed E-state index contributed by atoms with van der Waals surface area (Å²) in [7, 11) is 0. The topological polar surface area (TPSA) is 85.0 Å².